The topological polar surface area (TPSA) is 83.3 Å². The first kappa shape index (κ1) is 23.0. The summed E-state index contributed by atoms with van der Waals surface area (Å²) in [5.74, 6) is -0.922. The number of carbonyl (C=O) groups is 1. The number of rotatable bonds is 4. The molecule has 2 aliphatic heterocycles. The Kier molecular flexibility index (Phi) is 5.56. The van der Waals surface area contributed by atoms with Crippen LogP contribution in [0.15, 0.2) is 36.7 Å². The summed E-state index contributed by atoms with van der Waals surface area (Å²) >= 11 is 0. The van der Waals surface area contributed by atoms with Crippen LogP contribution in [-0.2, 0) is 6.18 Å². The van der Waals surface area contributed by atoms with Crippen LogP contribution in [0.1, 0.15) is 22.5 Å². The summed E-state index contributed by atoms with van der Waals surface area (Å²) in [5.41, 5.74) is -0.959. The van der Waals surface area contributed by atoms with Gasteiger partial charge in [0.2, 0.25) is 5.95 Å². The van der Waals surface area contributed by atoms with Gasteiger partial charge in [0.15, 0.2) is 5.69 Å². The van der Waals surface area contributed by atoms with Crippen molar-refractivity contribution < 1.29 is 22.4 Å². The summed E-state index contributed by atoms with van der Waals surface area (Å²) in [7, 11) is 3.14. The van der Waals surface area contributed by atoms with Crippen LogP contribution >= 0.6 is 0 Å². The Labute approximate surface area is 198 Å². The Balaban J connectivity index is 1.42. The van der Waals surface area contributed by atoms with Crippen molar-refractivity contribution in [1.29, 1.82) is 0 Å². The first-order valence-corrected chi connectivity index (χ1v) is 11.0. The molecule has 2 aliphatic rings. The number of amides is 1. The smallest absolute Gasteiger partial charge is 0.351 e. The number of hydrogen-bond acceptors (Lipinski definition) is 7. The molecule has 5 rings (SSSR count). The van der Waals surface area contributed by atoms with Crippen molar-refractivity contribution in [2.75, 3.05) is 43.5 Å². The molecule has 2 saturated heterocycles. The number of hydrogen-bond donors (Lipinski definition) is 0. The van der Waals surface area contributed by atoms with E-state index in [-0.39, 0.29) is 41.5 Å². The van der Waals surface area contributed by atoms with Crippen molar-refractivity contribution in [2.45, 2.75) is 18.6 Å². The molecular weight excluding hydrogens is 468 g/mol. The van der Waals surface area contributed by atoms with Crippen molar-refractivity contribution in [3.63, 3.8) is 0 Å². The van der Waals surface area contributed by atoms with E-state index in [0.29, 0.717) is 19.5 Å². The molecule has 2 unspecified atom stereocenters. The Morgan fingerprint density at radius 1 is 1.11 bits per heavy atom. The van der Waals surface area contributed by atoms with Gasteiger partial charge in [0, 0.05) is 45.7 Å². The zero-order valence-corrected chi connectivity index (χ0v) is 18.9. The first-order valence-electron chi connectivity index (χ1n) is 11.0. The van der Waals surface area contributed by atoms with Gasteiger partial charge in [0.25, 0.3) is 5.91 Å². The standard InChI is InChI=1S/C22H22F4N8O/c1-31(2)21-29-17(22(24,25)26)10-18(30-21)33-11-13-6-9-32(12-16(13)33)20(35)19-14(23)4-3-5-15(19)34-27-7-8-28-34/h3-5,7-8,10,13,16H,6,9,11-12H2,1-2H3. The molecule has 1 aromatic carbocycles. The molecule has 0 spiro atoms. The molecular formula is C22H22F4N8O. The van der Waals surface area contributed by atoms with Gasteiger partial charge in [-0.2, -0.15) is 33.1 Å². The van der Waals surface area contributed by atoms with E-state index < -0.39 is 23.6 Å². The van der Waals surface area contributed by atoms with Gasteiger partial charge in [-0.05, 0) is 18.6 Å². The number of anilines is 2. The molecule has 184 valence electrons. The van der Waals surface area contributed by atoms with Crippen LogP contribution < -0.4 is 9.80 Å². The van der Waals surface area contributed by atoms with E-state index in [1.54, 1.807) is 25.1 Å². The van der Waals surface area contributed by atoms with E-state index in [2.05, 4.69) is 20.2 Å². The third-order valence-electron chi connectivity index (χ3n) is 6.37. The van der Waals surface area contributed by atoms with Gasteiger partial charge in [-0.3, -0.25) is 4.79 Å². The van der Waals surface area contributed by atoms with E-state index >= 15 is 0 Å². The number of nitrogens with zero attached hydrogens (tertiary/aromatic N) is 8. The quantitative estimate of drug-likeness (QED) is 0.520. The number of halogens is 4. The Morgan fingerprint density at radius 2 is 1.86 bits per heavy atom. The molecule has 0 bridgehead atoms. The molecule has 2 atom stereocenters. The minimum absolute atomic E-state index is 0.0512. The van der Waals surface area contributed by atoms with Gasteiger partial charge in [-0.1, -0.05) is 6.07 Å². The van der Waals surface area contributed by atoms with Gasteiger partial charge in [-0.25, -0.2) is 9.37 Å². The van der Waals surface area contributed by atoms with Crippen molar-refractivity contribution in [3.8, 4) is 5.69 Å². The van der Waals surface area contributed by atoms with Crippen molar-refractivity contribution in [2.24, 2.45) is 5.92 Å². The predicted octanol–water partition coefficient (Wildman–Crippen LogP) is 2.63. The highest BCUT2D eigenvalue weighted by atomic mass is 19.4. The van der Waals surface area contributed by atoms with E-state index in [4.69, 9.17) is 0 Å². The molecule has 0 aliphatic carbocycles. The lowest BCUT2D eigenvalue weighted by Crippen LogP contribution is -2.65. The van der Waals surface area contributed by atoms with E-state index in [9.17, 15) is 22.4 Å². The first-order chi connectivity index (χ1) is 16.6. The number of fused-ring (bicyclic) bond motifs is 1. The summed E-state index contributed by atoms with van der Waals surface area (Å²) in [4.78, 5) is 27.2. The molecule has 2 aromatic heterocycles. The van der Waals surface area contributed by atoms with E-state index in [0.717, 1.165) is 6.07 Å². The molecule has 9 nitrogen and oxygen atoms in total. The number of piperidine rings is 1. The Morgan fingerprint density at radius 3 is 2.54 bits per heavy atom. The molecule has 2 fully saturated rings. The lowest BCUT2D eigenvalue weighted by molar-refractivity contribution is -0.141. The number of aromatic nitrogens is 5. The summed E-state index contributed by atoms with van der Waals surface area (Å²) < 4.78 is 55.1. The Bertz CT molecular complexity index is 1250. The normalized spacial score (nSPS) is 19.8. The molecule has 1 amide bonds. The molecule has 0 saturated carbocycles. The molecule has 4 heterocycles. The zero-order valence-electron chi connectivity index (χ0n) is 18.9. The third-order valence-corrected chi connectivity index (χ3v) is 6.37. The SMILES string of the molecule is CN(C)c1nc(N2CC3CCN(C(=O)c4c(F)cccc4-n4nccn4)CC32)cc(C(F)(F)F)n1. The Hall–Kier alpha value is -3.77. The third kappa shape index (κ3) is 4.15. The van der Waals surface area contributed by atoms with Crippen LogP contribution in [0.2, 0.25) is 0 Å². The van der Waals surface area contributed by atoms with Gasteiger partial charge < -0.3 is 14.7 Å². The van der Waals surface area contributed by atoms with Crippen LogP contribution in [0.25, 0.3) is 5.69 Å². The fourth-order valence-electron chi connectivity index (χ4n) is 4.55. The number of likely N-dealkylation sites (tertiary alicyclic amines) is 1. The van der Waals surface area contributed by atoms with E-state index in [1.807, 2.05) is 0 Å². The van der Waals surface area contributed by atoms with Crippen LogP contribution in [0.3, 0.4) is 0 Å². The van der Waals surface area contributed by atoms with Crippen molar-refractivity contribution in [1.82, 2.24) is 29.9 Å². The summed E-state index contributed by atoms with van der Waals surface area (Å²) in [6.45, 7) is 1.16. The molecule has 0 N–H and O–H groups in total. The summed E-state index contributed by atoms with van der Waals surface area (Å²) in [5, 5.41) is 8.01. The molecule has 3 aromatic rings. The van der Waals surface area contributed by atoms with Crippen LogP contribution in [-0.4, -0.2) is 75.5 Å². The van der Waals surface area contributed by atoms with Gasteiger partial charge in [0.05, 0.1) is 18.4 Å². The molecule has 13 heteroatoms. The lowest BCUT2D eigenvalue weighted by Gasteiger charge is -2.54. The van der Waals surface area contributed by atoms with Gasteiger partial charge >= 0.3 is 6.18 Å². The van der Waals surface area contributed by atoms with Crippen LogP contribution in [0.4, 0.5) is 29.3 Å². The number of benzene rings is 1. The minimum atomic E-state index is -4.62. The largest absolute Gasteiger partial charge is 0.433 e. The average Bonchev–Trinajstić information content (AvgIpc) is 3.33. The average molecular weight is 490 g/mol. The number of alkyl halides is 3. The number of carbonyl (C=O) groups excluding carboxylic acids is 1. The fraction of sp³-hybridized carbons (Fsp3) is 0.409. The van der Waals surface area contributed by atoms with E-state index in [1.165, 1.54) is 39.1 Å². The fourth-order valence-corrected chi connectivity index (χ4v) is 4.55. The summed E-state index contributed by atoms with van der Waals surface area (Å²) in [6.07, 6.45) is -1.12. The minimum Gasteiger partial charge on any atom is -0.351 e. The second-order valence-electron chi connectivity index (χ2n) is 8.78. The molecule has 35 heavy (non-hydrogen) atoms. The van der Waals surface area contributed by atoms with Gasteiger partial charge in [-0.15, -0.1) is 0 Å². The highest BCUT2D eigenvalue weighted by Gasteiger charge is 2.46. The van der Waals surface area contributed by atoms with Crippen LogP contribution in [0.5, 0.6) is 0 Å². The lowest BCUT2D eigenvalue weighted by atomic mass is 9.82. The maximum Gasteiger partial charge on any atom is 0.433 e. The summed E-state index contributed by atoms with van der Waals surface area (Å²) in [6, 6.07) is 4.92. The maximum atomic E-state index is 14.8. The molecule has 0 radical (unpaired) electrons. The monoisotopic (exact) mass is 490 g/mol. The zero-order chi connectivity index (χ0) is 24.9. The second kappa shape index (κ2) is 8.47. The maximum absolute atomic E-state index is 14.8. The van der Waals surface area contributed by atoms with Crippen LogP contribution in [0, 0.1) is 11.7 Å². The highest BCUT2D eigenvalue weighted by molar-refractivity contribution is 5.98. The van der Waals surface area contributed by atoms with Gasteiger partial charge in [0.1, 0.15) is 22.9 Å². The van der Waals surface area contributed by atoms with Crippen molar-refractivity contribution in [3.05, 3.63) is 53.7 Å². The highest BCUT2D eigenvalue weighted by Crippen LogP contribution is 2.39. The predicted molar refractivity (Wildman–Crippen MR) is 118 cm³/mol. The van der Waals surface area contributed by atoms with Crippen molar-refractivity contribution >= 4 is 17.7 Å². The second-order valence-corrected chi connectivity index (χ2v) is 8.78.